The van der Waals surface area contributed by atoms with Crippen LogP contribution in [0.3, 0.4) is 0 Å². The van der Waals surface area contributed by atoms with Gasteiger partial charge in [0.25, 0.3) is 5.91 Å². The first-order valence-electron chi connectivity index (χ1n) is 12.0. The van der Waals surface area contributed by atoms with Crippen LogP contribution in [0.5, 0.6) is 0 Å². The minimum atomic E-state index is -0.654. The Hall–Kier alpha value is -2.18. The molecule has 2 amide bonds. The number of hydrogen-bond acceptors (Lipinski definition) is 4. The summed E-state index contributed by atoms with van der Waals surface area (Å²) in [5.41, 5.74) is 2.07. The normalized spacial score (nSPS) is 15.3. The van der Waals surface area contributed by atoms with Gasteiger partial charge in [0.05, 0.1) is 4.88 Å². The van der Waals surface area contributed by atoms with E-state index in [1.54, 1.807) is 4.90 Å². The Morgan fingerprint density at radius 2 is 1.88 bits per heavy atom. The van der Waals surface area contributed by atoms with E-state index >= 15 is 0 Å². The molecule has 3 rings (SSSR count). The van der Waals surface area contributed by atoms with Crippen LogP contribution in [0, 0.1) is 0 Å². The van der Waals surface area contributed by atoms with Gasteiger partial charge >= 0.3 is 0 Å². The molecule has 5 nitrogen and oxygen atoms in total. The second-order valence-corrected chi connectivity index (χ2v) is 9.32. The zero-order valence-electron chi connectivity index (χ0n) is 19.3. The molecule has 1 fully saturated rings. The van der Waals surface area contributed by atoms with E-state index in [2.05, 4.69) is 24.4 Å². The molecule has 1 aromatic heterocycles. The highest BCUT2D eigenvalue weighted by Crippen LogP contribution is 2.27. The molecule has 1 heterocycles. The van der Waals surface area contributed by atoms with Crippen LogP contribution in [-0.2, 0) is 16.0 Å². The first kappa shape index (κ1) is 24.5. The summed E-state index contributed by atoms with van der Waals surface area (Å²) in [6.07, 6.45) is 7.16. The van der Waals surface area contributed by atoms with Crippen LogP contribution in [-0.4, -0.2) is 42.5 Å². The second kappa shape index (κ2) is 12.8. The lowest BCUT2D eigenvalue weighted by atomic mass is 9.94. The summed E-state index contributed by atoms with van der Waals surface area (Å²) in [5, 5.41) is 5.17. The van der Waals surface area contributed by atoms with Gasteiger partial charge in [-0.2, -0.15) is 0 Å². The molecule has 0 unspecified atom stereocenters. The first-order valence-corrected chi connectivity index (χ1v) is 12.8. The lowest BCUT2D eigenvalue weighted by Gasteiger charge is -2.33. The maximum Gasteiger partial charge on any atom is 0.264 e. The first-order chi connectivity index (χ1) is 15.6. The molecule has 1 N–H and O–H groups in total. The molecule has 6 heteroatoms. The number of carbonyl (C=O) groups excluding carboxylic acids is 2. The average molecular weight is 457 g/mol. The van der Waals surface area contributed by atoms with Gasteiger partial charge in [0.15, 0.2) is 0 Å². The highest BCUT2D eigenvalue weighted by Gasteiger charge is 2.33. The number of nitrogens with one attached hydrogen (secondary N) is 1. The van der Waals surface area contributed by atoms with Crippen LogP contribution < -0.4 is 5.32 Å². The van der Waals surface area contributed by atoms with Crippen LogP contribution >= 0.6 is 11.3 Å². The molecule has 2 aromatic rings. The van der Waals surface area contributed by atoms with E-state index in [1.165, 1.54) is 23.3 Å². The minimum Gasteiger partial charge on any atom is -0.382 e. The standard InChI is InChI=1S/C26H36N2O3S/c1-3-20-13-15-21(16-14-20)24(25(29)27-22-10-6-5-7-11-22)28(17-9-18-31-4-2)26(30)23-12-8-19-32-23/h8,12-16,19,22,24H,3-7,9-11,17-18H2,1-2H3,(H,27,29)/t24-/m1/s1. The fourth-order valence-corrected chi connectivity index (χ4v) is 4.99. The number of nitrogens with zero attached hydrogens (tertiary/aromatic N) is 1. The monoisotopic (exact) mass is 456 g/mol. The molecule has 0 saturated heterocycles. The lowest BCUT2D eigenvalue weighted by molar-refractivity contribution is -0.127. The summed E-state index contributed by atoms with van der Waals surface area (Å²) in [7, 11) is 0. The maximum atomic E-state index is 13.6. The number of ether oxygens (including phenoxy) is 1. The topological polar surface area (TPSA) is 58.6 Å². The molecule has 174 valence electrons. The summed E-state index contributed by atoms with van der Waals surface area (Å²) >= 11 is 1.41. The summed E-state index contributed by atoms with van der Waals surface area (Å²) in [6.45, 7) is 5.75. The van der Waals surface area contributed by atoms with Crippen molar-refractivity contribution in [2.24, 2.45) is 0 Å². The Balaban J connectivity index is 1.90. The molecule has 0 radical (unpaired) electrons. The predicted octanol–water partition coefficient (Wildman–Crippen LogP) is 5.37. The van der Waals surface area contributed by atoms with E-state index in [1.807, 2.05) is 36.6 Å². The number of aryl methyl sites for hydroxylation is 1. The van der Waals surface area contributed by atoms with Crippen molar-refractivity contribution >= 4 is 23.2 Å². The fraction of sp³-hybridized carbons (Fsp3) is 0.538. The molecule has 0 aliphatic heterocycles. The number of carbonyl (C=O) groups is 2. The van der Waals surface area contributed by atoms with Crippen molar-refractivity contribution in [1.82, 2.24) is 10.2 Å². The van der Waals surface area contributed by atoms with Crippen molar-refractivity contribution in [2.75, 3.05) is 19.8 Å². The quantitative estimate of drug-likeness (QED) is 0.463. The third-order valence-corrected chi connectivity index (χ3v) is 6.96. The molecule has 0 spiro atoms. The minimum absolute atomic E-state index is 0.0811. The Kier molecular flexibility index (Phi) is 9.75. The van der Waals surface area contributed by atoms with Gasteiger partial charge in [-0.3, -0.25) is 9.59 Å². The number of thiophene rings is 1. The van der Waals surface area contributed by atoms with E-state index in [-0.39, 0.29) is 17.9 Å². The van der Waals surface area contributed by atoms with Gasteiger partial charge in [0, 0.05) is 25.8 Å². The SMILES string of the molecule is CCOCCCN(C(=O)c1cccs1)[C@@H](C(=O)NC1CCCCC1)c1ccc(CC)cc1. The van der Waals surface area contributed by atoms with Crippen molar-refractivity contribution in [3.05, 3.63) is 57.8 Å². The number of rotatable bonds is 11. The summed E-state index contributed by atoms with van der Waals surface area (Å²) in [6, 6.07) is 11.4. The Bertz CT molecular complexity index is 829. The third kappa shape index (κ3) is 6.66. The molecule has 1 saturated carbocycles. The van der Waals surface area contributed by atoms with E-state index < -0.39 is 6.04 Å². The molecule has 32 heavy (non-hydrogen) atoms. The van der Waals surface area contributed by atoms with Gasteiger partial charge in [0.2, 0.25) is 5.91 Å². The predicted molar refractivity (Wildman–Crippen MR) is 130 cm³/mol. The second-order valence-electron chi connectivity index (χ2n) is 8.37. The van der Waals surface area contributed by atoms with Gasteiger partial charge in [-0.1, -0.05) is 56.5 Å². The molecule has 1 aliphatic carbocycles. The molecule has 1 atom stereocenters. The molecular formula is C26H36N2O3S. The number of amides is 2. The van der Waals surface area contributed by atoms with Crippen LogP contribution in [0.15, 0.2) is 41.8 Å². The van der Waals surface area contributed by atoms with Crippen molar-refractivity contribution in [2.45, 2.75) is 70.9 Å². The van der Waals surface area contributed by atoms with Crippen molar-refractivity contribution in [3.8, 4) is 0 Å². The van der Waals surface area contributed by atoms with Crippen LogP contribution in [0.2, 0.25) is 0 Å². The summed E-state index contributed by atoms with van der Waals surface area (Å²) in [5.74, 6) is -0.178. The van der Waals surface area contributed by atoms with Gasteiger partial charge in [-0.25, -0.2) is 0 Å². The number of benzene rings is 1. The highest BCUT2D eigenvalue weighted by molar-refractivity contribution is 7.12. The van der Waals surface area contributed by atoms with Crippen molar-refractivity contribution < 1.29 is 14.3 Å². The van der Waals surface area contributed by atoms with E-state index in [0.29, 0.717) is 31.1 Å². The zero-order valence-corrected chi connectivity index (χ0v) is 20.2. The van der Waals surface area contributed by atoms with Crippen LogP contribution in [0.1, 0.15) is 79.2 Å². The fourth-order valence-electron chi connectivity index (χ4n) is 4.31. The Labute approximate surface area is 196 Å². The zero-order chi connectivity index (χ0) is 22.8. The molecule has 1 aliphatic rings. The van der Waals surface area contributed by atoms with Gasteiger partial charge in [0.1, 0.15) is 6.04 Å². The average Bonchev–Trinajstić information content (AvgIpc) is 3.36. The lowest BCUT2D eigenvalue weighted by Crippen LogP contribution is -2.47. The van der Waals surface area contributed by atoms with Gasteiger partial charge < -0.3 is 15.0 Å². The Morgan fingerprint density at radius 3 is 2.50 bits per heavy atom. The van der Waals surface area contributed by atoms with Crippen LogP contribution in [0.25, 0.3) is 0 Å². The van der Waals surface area contributed by atoms with Crippen molar-refractivity contribution in [1.29, 1.82) is 0 Å². The van der Waals surface area contributed by atoms with Crippen molar-refractivity contribution in [3.63, 3.8) is 0 Å². The van der Waals surface area contributed by atoms with E-state index in [4.69, 9.17) is 4.74 Å². The maximum absolute atomic E-state index is 13.6. The van der Waals surface area contributed by atoms with Crippen LogP contribution in [0.4, 0.5) is 0 Å². The van der Waals surface area contributed by atoms with Gasteiger partial charge in [-0.15, -0.1) is 11.3 Å². The van der Waals surface area contributed by atoms with E-state index in [0.717, 1.165) is 37.7 Å². The molecular weight excluding hydrogens is 420 g/mol. The third-order valence-electron chi connectivity index (χ3n) is 6.10. The summed E-state index contributed by atoms with van der Waals surface area (Å²) < 4.78 is 5.52. The summed E-state index contributed by atoms with van der Waals surface area (Å²) in [4.78, 5) is 29.6. The molecule has 0 bridgehead atoms. The smallest absolute Gasteiger partial charge is 0.264 e. The largest absolute Gasteiger partial charge is 0.382 e. The number of hydrogen-bond donors (Lipinski definition) is 1. The van der Waals surface area contributed by atoms with E-state index in [9.17, 15) is 9.59 Å². The van der Waals surface area contributed by atoms with Gasteiger partial charge in [-0.05, 0) is 55.2 Å². The highest BCUT2D eigenvalue weighted by atomic mass is 32.1. The molecule has 1 aromatic carbocycles. The Morgan fingerprint density at radius 1 is 1.12 bits per heavy atom.